The minimum absolute atomic E-state index is 0.0100. The van der Waals surface area contributed by atoms with Gasteiger partial charge in [0.2, 0.25) is 5.91 Å². The number of rotatable bonds is 4. The summed E-state index contributed by atoms with van der Waals surface area (Å²) in [4.78, 5) is 33.2. The fourth-order valence-corrected chi connectivity index (χ4v) is 4.47. The molecule has 3 aliphatic rings. The predicted molar refractivity (Wildman–Crippen MR) is 100 cm³/mol. The Morgan fingerprint density at radius 2 is 1.96 bits per heavy atom. The van der Waals surface area contributed by atoms with Crippen molar-refractivity contribution in [3.63, 3.8) is 0 Å². The Balaban J connectivity index is 1.20. The van der Waals surface area contributed by atoms with Crippen LogP contribution in [0.5, 0.6) is 0 Å². The Bertz CT molecular complexity index is 882. The highest BCUT2D eigenvalue weighted by atomic mass is 16.5. The molecule has 0 radical (unpaired) electrons. The minimum Gasteiger partial charge on any atom is -0.360 e. The van der Waals surface area contributed by atoms with Gasteiger partial charge in [-0.3, -0.25) is 14.6 Å². The largest absolute Gasteiger partial charge is 0.360 e. The average molecular weight is 380 g/mol. The molecule has 1 saturated carbocycles. The Kier molecular flexibility index (Phi) is 4.18. The van der Waals surface area contributed by atoms with Crippen LogP contribution in [-0.2, 0) is 11.3 Å². The summed E-state index contributed by atoms with van der Waals surface area (Å²) in [5.41, 5.74) is 1.51. The summed E-state index contributed by atoms with van der Waals surface area (Å²) in [6.07, 6.45) is 8.05. The van der Waals surface area contributed by atoms with E-state index >= 15 is 0 Å². The zero-order chi connectivity index (χ0) is 19.1. The van der Waals surface area contributed by atoms with Crippen molar-refractivity contribution in [1.29, 1.82) is 0 Å². The van der Waals surface area contributed by atoms with Crippen molar-refractivity contribution in [2.75, 3.05) is 19.6 Å². The van der Waals surface area contributed by atoms with Gasteiger partial charge in [-0.2, -0.15) is 0 Å². The standard InChI is InChI=1S/C21H24N4O3/c26-19-12-21(14-25(19)13-15-3-7-22-8-4-15)5-9-24(10-6-21)20(27)17-11-18(28-23-17)16-1-2-16/h3-4,7-8,11,16H,1-2,5-6,9-10,12-14H2. The quantitative estimate of drug-likeness (QED) is 0.815. The van der Waals surface area contributed by atoms with E-state index in [1.165, 1.54) is 0 Å². The van der Waals surface area contributed by atoms with Gasteiger partial charge in [0.05, 0.1) is 0 Å². The molecule has 4 heterocycles. The molecule has 2 saturated heterocycles. The van der Waals surface area contributed by atoms with Crippen molar-refractivity contribution in [2.45, 2.75) is 44.6 Å². The van der Waals surface area contributed by atoms with Crippen LogP contribution >= 0.6 is 0 Å². The van der Waals surface area contributed by atoms with Gasteiger partial charge in [-0.1, -0.05) is 5.16 Å². The van der Waals surface area contributed by atoms with Crippen LogP contribution in [0, 0.1) is 5.41 Å². The van der Waals surface area contributed by atoms with E-state index in [9.17, 15) is 9.59 Å². The number of amides is 2. The highest BCUT2D eigenvalue weighted by Gasteiger charge is 2.45. The molecule has 7 heteroatoms. The maximum absolute atomic E-state index is 12.7. The van der Waals surface area contributed by atoms with Crippen LogP contribution in [-0.4, -0.2) is 51.4 Å². The summed E-state index contributed by atoms with van der Waals surface area (Å²) in [6.45, 7) is 2.74. The summed E-state index contributed by atoms with van der Waals surface area (Å²) in [6, 6.07) is 5.71. The molecule has 0 aromatic carbocycles. The first kappa shape index (κ1) is 17.4. The lowest BCUT2D eigenvalue weighted by molar-refractivity contribution is -0.128. The molecule has 2 aromatic rings. The van der Waals surface area contributed by atoms with E-state index in [1.807, 2.05) is 21.9 Å². The van der Waals surface area contributed by atoms with E-state index in [2.05, 4.69) is 10.1 Å². The van der Waals surface area contributed by atoms with Crippen LogP contribution in [0.25, 0.3) is 0 Å². The summed E-state index contributed by atoms with van der Waals surface area (Å²) < 4.78 is 5.33. The van der Waals surface area contributed by atoms with Crippen molar-refractivity contribution in [1.82, 2.24) is 19.9 Å². The lowest BCUT2D eigenvalue weighted by Crippen LogP contribution is -2.44. The molecule has 1 aliphatic carbocycles. The van der Waals surface area contributed by atoms with Gasteiger partial charge in [0.15, 0.2) is 5.69 Å². The first-order chi connectivity index (χ1) is 13.6. The van der Waals surface area contributed by atoms with Crippen LogP contribution in [0.1, 0.15) is 59.8 Å². The van der Waals surface area contributed by atoms with Gasteiger partial charge in [-0.25, -0.2) is 0 Å². The fourth-order valence-electron chi connectivity index (χ4n) is 4.47. The fraction of sp³-hybridized carbons (Fsp3) is 0.524. The second-order valence-corrected chi connectivity index (χ2v) is 8.46. The number of nitrogens with zero attached hydrogens (tertiary/aromatic N) is 4. The third-order valence-corrected chi connectivity index (χ3v) is 6.37. The smallest absolute Gasteiger partial charge is 0.276 e. The lowest BCUT2D eigenvalue weighted by Gasteiger charge is -2.38. The monoisotopic (exact) mass is 380 g/mol. The number of hydrogen-bond donors (Lipinski definition) is 0. The van der Waals surface area contributed by atoms with Crippen LogP contribution < -0.4 is 0 Å². The Morgan fingerprint density at radius 3 is 2.68 bits per heavy atom. The second-order valence-electron chi connectivity index (χ2n) is 8.46. The third kappa shape index (κ3) is 3.30. The summed E-state index contributed by atoms with van der Waals surface area (Å²) >= 11 is 0. The first-order valence-corrected chi connectivity index (χ1v) is 10.0. The highest BCUT2D eigenvalue weighted by Crippen LogP contribution is 2.42. The molecular weight excluding hydrogens is 356 g/mol. The molecule has 5 rings (SSSR count). The van der Waals surface area contributed by atoms with E-state index in [0.29, 0.717) is 37.7 Å². The number of piperidine rings is 1. The van der Waals surface area contributed by atoms with Crippen molar-refractivity contribution in [3.05, 3.63) is 47.6 Å². The molecule has 2 aromatic heterocycles. The molecular formula is C21H24N4O3. The van der Waals surface area contributed by atoms with Gasteiger partial charge in [0.25, 0.3) is 5.91 Å². The Morgan fingerprint density at radius 1 is 1.21 bits per heavy atom. The maximum Gasteiger partial charge on any atom is 0.276 e. The topological polar surface area (TPSA) is 79.5 Å². The molecule has 0 N–H and O–H groups in total. The Labute approximate surface area is 163 Å². The molecule has 0 atom stereocenters. The lowest BCUT2D eigenvalue weighted by atomic mass is 9.77. The number of aromatic nitrogens is 2. The minimum atomic E-state index is -0.0523. The maximum atomic E-state index is 12.7. The molecule has 1 spiro atoms. The molecule has 2 aliphatic heterocycles. The van der Waals surface area contributed by atoms with Gasteiger partial charge in [0.1, 0.15) is 5.76 Å². The van der Waals surface area contributed by atoms with Crippen molar-refractivity contribution in [3.8, 4) is 0 Å². The number of carbonyl (C=O) groups is 2. The third-order valence-electron chi connectivity index (χ3n) is 6.37. The van der Waals surface area contributed by atoms with Gasteiger partial charge < -0.3 is 14.3 Å². The van der Waals surface area contributed by atoms with Crippen LogP contribution in [0.2, 0.25) is 0 Å². The molecule has 0 bridgehead atoms. The van der Waals surface area contributed by atoms with Crippen LogP contribution in [0.3, 0.4) is 0 Å². The van der Waals surface area contributed by atoms with Crippen molar-refractivity contribution < 1.29 is 14.1 Å². The first-order valence-electron chi connectivity index (χ1n) is 10.0. The molecule has 0 unspecified atom stereocenters. The van der Waals surface area contributed by atoms with Gasteiger partial charge in [-0.15, -0.1) is 0 Å². The number of pyridine rings is 1. The van der Waals surface area contributed by atoms with Gasteiger partial charge in [0, 0.05) is 62.4 Å². The zero-order valence-corrected chi connectivity index (χ0v) is 15.8. The summed E-state index contributed by atoms with van der Waals surface area (Å²) in [7, 11) is 0. The molecule has 28 heavy (non-hydrogen) atoms. The summed E-state index contributed by atoms with van der Waals surface area (Å²) in [5.74, 6) is 1.45. The number of carbonyl (C=O) groups excluding carboxylic acids is 2. The summed E-state index contributed by atoms with van der Waals surface area (Å²) in [5, 5.41) is 3.98. The van der Waals surface area contributed by atoms with E-state index in [0.717, 1.165) is 43.6 Å². The number of hydrogen-bond acceptors (Lipinski definition) is 5. The normalized spacial score (nSPS) is 21.5. The van der Waals surface area contributed by atoms with E-state index in [1.54, 1.807) is 18.5 Å². The Hall–Kier alpha value is -2.70. The number of likely N-dealkylation sites (tertiary alicyclic amines) is 2. The van der Waals surface area contributed by atoms with Crippen molar-refractivity contribution in [2.24, 2.45) is 5.41 Å². The van der Waals surface area contributed by atoms with Crippen LogP contribution in [0.15, 0.2) is 35.1 Å². The second kappa shape index (κ2) is 6.72. The van der Waals surface area contributed by atoms with Gasteiger partial charge in [-0.05, 0) is 43.4 Å². The molecule has 3 fully saturated rings. The molecule has 2 amide bonds. The zero-order valence-electron chi connectivity index (χ0n) is 15.8. The average Bonchev–Trinajstić information content (AvgIpc) is 3.37. The van der Waals surface area contributed by atoms with Crippen molar-refractivity contribution >= 4 is 11.8 Å². The van der Waals surface area contributed by atoms with E-state index in [4.69, 9.17) is 4.52 Å². The van der Waals surface area contributed by atoms with Crippen LogP contribution in [0.4, 0.5) is 0 Å². The molecule has 7 nitrogen and oxygen atoms in total. The predicted octanol–water partition coefficient (Wildman–Crippen LogP) is 2.60. The van der Waals surface area contributed by atoms with E-state index < -0.39 is 0 Å². The van der Waals surface area contributed by atoms with E-state index in [-0.39, 0.29) is 17.2 Å². The highest BCUT2D eigenvalue weighted by molar-refractivity contribution is 5.92. The SMILES string of the molecule is O=C1CC2(CCN(C(=O)c3cc(C4CC4)on3)CC2)CN1Cc1ccncc1. The molecule has 146 valence electrons. The van der Waals surface area contributed by atoms with Gasteiger partial charge >= 0.3 is 0 Å².